The summed E-state index contributed by atoms with van der Waals surface area (Å²) in [5, 5.41) is 0. The number of furan rings is 1. The van der Waals surface area contributed by atoms with Crippen LogP contribution in [0.3, 0.4) is 0 Å². The Kier molecular flexibility index (Phi) is 6.02. The Morgan fingerprint density at radius 1 is 1.07 bits per heavy atom. The quantitative estimate of drug-likeness (QED) is 0.607. The summed E-state index contributed by atoms with van der Waals surface area (Å²) in [5.74, 6) is 1.12. The highest BCUT2D eigenvalue weighted by Crippen LogP contribution is 2.13. The van der Waals surface area contributed by atoms with Crippen molar-refractivity contribution < 1.29 is 13.6 Å². The summed E-state index contributed by atoms with van der Waals surface area (Å²) in [4.78, 5) is 27.3. The van der Waals surface area contributed by atoms with Gasteiger partial charge in [-0.3, -0.25) is 19.6 Å². The first kappa shape index (κ1) is 19.4. The summed E-state index contributed by atoms with van der Waals surface area (Å²) >= 11 is 0. The van der Waals surface area contributed by atoms with Gasteiger partial charge in [-0.05, 0) is 29.8 Å². The molecule has 4 rings (SSSR count). The molecule has 4 heterocycles. The highest BCUT2D eigenvalue weighted by atomic mass is 16.3. The van der Waals surface area contributed by atoms with Gasteiger partial charge in [0.15, 0.2) is 5.69 Å². The number of hydrogen-bond donors (Lipinski definition) is 0. The van der Waals surface area contributed by atoms with Gasteiger partial charge in [0.2, 0.25) is 5.89 Å². The molecule has 0 aliphatic carbocycles. The Labute approximate surface area is 169 Å². The van der Waals surface area contributed by atoms with Gasteiger partial charge >= 0.3 is 0 Å². The van der Waals surface area contributed by atoms with E-state index in [1.807, 2.05) is 18.5 Å². The van der Waals surface area contributed by atoms with Crippen LogP contribution in [-0.2, 0) is 19.6 Å². The van der Waals surface area contributed by atoms with Crippen LogP contribution in [-0.4, -0.2) is 63.8 Å². The minimum Gasteiger partial charge on any atom is -0.467 e. The molecule has 1 aliphatic heterocycles. The zero-order chi connectivity index (χ0) is 20.1. The van der Waals surface area contributed by atoms with Crippen molar-refractivity contribution in [2.45, 2.75) is 19.6 Å². The lowest BCUT2D eigenvalue weighted by molar-refractivity contribution is 0.0769. The summed E-state index contributed by atoms with van der Waals surface area (Å²) in [6.45, 7) is 5.80. The van der Waals surface area contributed by atoms with Crippen LogP contribution in [0.1, 0.15) is 27.7 Å². The zero-order valence-electron chi connectivity index (χ0n) is 16.5. The number of carbonyl (C=O) groups excluding carboxylic acids is 1. The van der Waals surface area contributed by atoms with Crippen molar-refractivity contribution in [1.29, 1.82) is 0 Å². The van der Waals surface area contributed by atoms with Crippen LogP contribution in [0.25, 0.3) is 0 Å². The average molecular weight is 395 g/mol. The molecule has 0 unspecified atom stereocenters. The molecular weight excluding hydrogens is 370 g/mol. The molecule has 1 aliphatic rings. The number of oxazole rings is 1. The lowest BCUT2D eigenvalue weighted by Crippen LogP contribution is -2.45. The molecule has 29 heavy (non-hydrogen) atoms. The van der Waals surface area contributed by atoms with E-state index in [0.29, 0.717) is 24.7 Å². The van der Waals surface area contributed by atoms with Gasteiger partial charge in [-0.1, -0.05) is 0 Å². The number of hydrogen-bond acceptors (Lipinski definition) is 7. The average Bonchev–Trinajstić information content (AvgIpc) is 3.42. The van der Waals surface area contributed by atoms with Crippen LogP contribution in [0.5, 0.6) is 0 Å². The third-order valence-electron chi connectivity index (χ3n) is 5.07. The van der Waals surface area contributed by atoms with Crippen LogP contribution < -0.4 is 0 Å². The van der Waals surface area contributed by atoms with Gasteiger partial charge < -0.3 is 13.7 Å². The number of nitrogens with zero attached hydrogens (tertiary/aromatic N) is 5. The molecule has 0 spiro atoms. The molecule has 0 radical (unpaired) electrons. The first-order chi connectivity index (χ1) is 14.2. The number of pyridine rings is 1. The molecule has 8 nitrogen and oxygen atoms in total. The fraction of sp³-hybridized carbons (Fsp3) is 0.381. The predicted octanol–water partition coefficient (Wildman–Crippen LogP) is 2.25. The Hall–Kier alpha value is -2.97. The predicted molar refractivity (Wildman–Crippen MR) is 106 cm³/mol. The number of aromatic nitrogens is 2. The molecule has 1 saturated heterocycles. The van der Waals surface area contributed by atoms with E-state index >= 15 is 0 Å². The normalized spacial score (nSPS) is 15.5. The van der Waals surface area contributed by atoms with E-state index in [9.17, 15) is 4.79 Å². The summed E-state index contributed by atoms with van der Waals surface area (Å²) in [7, 11) is 1.72. The maximum Gasteiger partial charge on any atom is 0.275 e. The van der Waals surface area contributed by atoms with Crippen molar-refractivity contribution in [3.8, 4) is 0 Å². The van der Waals surface area contributed by atoms with Crippen LogP contribution in [0.4, 0.5) is 0 Å². The van der Waals surface area contributed by atoms with Crippen LogP contribution in [0.15, 0.2) is 58.0 Å². The molecule has 3 aromatic rings. The Morgan fingerprint density at radius 2 is 1.79 bits per heavy atom. The second kappa shape index (κ2) is 9.02. The topological polar surface area (TPSA) is 78.9 Å². The van der Waals surface area contributed by atoms with E-state index in [-0.39, 0.29) is 5.91 Å². The van der Waals surface area contributed by atoms with E-state index in [1.165, 1.54) is 11.8 Å². The summed E-state index contributed by atoms with van der Waals surface area (Å²) in [6, 6.07) is 7.76. The Bertz CT molecular complexity index is 902. The molecule has 8 heteroatoms. The molecule has 3 aromatic heterocycles. The van der Waals surface area contributed by atoms with Gasteiger partial charge in [0, 0.05) is 52.2 Å². The number of carbonyl (C=O) groups is 1. The molecule has 0 atom stereocenters. The van der Waals surface area contributed by atoms with Gasteiger partial charge in [-0.2, -0.15) is 0 Å². The van der Waals surface area contributed by atoms with E-state index in [1.54, 1.807) is 24.3 Å². The molecule has 1 amide bonds. The van der Waals surface area contributed by atoms with Crippen LogP contribution in [0.2, 0.25) is 0 Å². The van der Waals surface area contributed by atoms with Gasteiger partial charge in [-0.25, -0.2) is 4.98 Å². The minimum absolute atomic E-state index is 0.182. The van der Waals surface area contributed by atoms with Crippen LogP contribution >= 0.6 is 0 Å². The lowest BCUT2D eigenvalue weighted by Gasteiger charge is -2.33. The standard InChI is InChI=1S/C21H25N5O3/c1-24(14-18-3-2-12-28-18)21(27)19-16-29-20(23-19)15-26-10-8-25(9-11-26)13-17-4-6-22-7-5-17/h2-7,12,16H,8-11,13-15H2,1H3. The van der Waals surface area contributed by atoms with E-state index in [0.717, 1.165) is 38.5 Å². The van der Waals surface area contributed by atoms with Crippen molar-refractivity contribution in [1.82, 2.24) is 24.7 Å². The van der Waals surface area contributed by atoms with Crippen molar-refractivity contribution in [3.05, 3.63) is 72.1 Å². The molecule has 152 valence electrons. The molecule has 0 aromatic carbocycles. The summed E-state index contributed by atoms with van der Waals surface area (Å²) in [5.41, 5.74) is 1.60. The molecule has 0 N–H and O–H groups in total. The van der Waals surface area contributed by atoms with Crippen molar-refractivity contribution in [2.24, 2.45) is 0 Å². The van der Waals surface area contributed by atoms with Gasteiger partial charge in [0.1, 0.15) is 12.0 Å². The third-order valence-corrected chi connectivity index (χ3v) is 5.07. The van der Waals surface area contributed by atoms with Crippen molar-refractivity contribution in [3.63, 3.8) is 0 Å². The zero-order valence-corrected chi connectivity index (χ0v) is 16.5. The van der Waals surface area contributed by atoms with Gasteiger partial charge in [-0.15, -0.1) is 0 Å². The summed E-state index contributed by atoms with van der Waals surface area (Å²) in [6.07, 6.45) is 6.70. The number of rotatable bonds is 7. The fourth-order valence-corrected chi connectivity index (χ4v) is 3.43. The van der Waals surface area contributed by atoms with Crippen molar-refractivity contribution in [2.75, 3.05) is 33.2 Å². The number of amides is 1. The van der Waals surface area contributed by atoms with E-state index in [4.69, 9.17) is 8.83 Å². The smallest absolute Gasteiger partial charge is 0.275 e. The highest BCUT2D eigenvalue weighted by Gasteiger charge is 2.21. The monoisotopic (exact) mass is 395 g/mol. The molecule has 0 saturated carbocycles. The lowest BCUT2D eigenvalue weighted by atomic mass is 10.2. The third kappa shape index (κ3) is 5.10. The first-order valence-electron chi connectivity index (χ1n) is 9.73. The minimum atomic E-state index is -0.182. The highest BCUT2D eigenvalue weighted by molar-refractivity contribution is 5.91. The Morgan fingerprint density at radius 3 is 2.48 bits per heavy atom. The summed E-state index contributed by atoms with van der Waals surface area (Å²) < 4.78 is 10.8. The Balaban J connectivity index is 1.26. The van der Waals surface area contributed by atoms with Gasteiger partial charge in [0.25, 0.3) is 5.91 Å². The van der Waals surface area contributed by atoms with Crippen LogP contribution in [0, 0.1) is 0 Å². The van der Waals surface area contributed by atoms with Crippen molar-refractivity contribution >= 4 is 5.91 Å². The maximum absolute atomic E-state index is 12.5. The van der Waals surface area contributed by atoms with Gasteiger partial charge in [0.05, 0.1) is 19.4 Å². The maximum atomic E-state index is 12.5. The largest absolute Gasteiger partial charge is 0.467 e. The molecular formula is C21H25N5O3. The van der Waals surface area contributed by atoms with E-state index < -0.39 is 0 Å². The fourth-order valence-electron chi connectivity index (χ4n) is 3.43. The first-order valence-corrected chi connectivity index (χ1v) is 9.73. The second-order valence-corrected chi connectivity index (χ2v) is 7.27. The number of piperazine rings is 1. The SMILES string of the molecule is CN(Cc1ccco1)C(=O)c1coc(CN2CCN(Cc3ccncc3)CC2)n1. The molecule has 0 bridgehead atoms. The van der Waals surface area contributed by atoms with E-state index in [2.05, 4.69) is 31.9 Å². The molecule has 1 fully saturated rings. The second-order valence-electron chi connectivity index (χ2n) is 7.27.